The highest BCUT2D eigenvalue weighted by molar-refractivity contribution is 8.12. The zero-order chi connectivity index (χ0) is 41.3. The van der Waals surface area contributed by atoms with Crippen molar-refractivity contribution in [2.24, 2.45) is 13.0 Å². The predicted molar refractivity (Wildman–Crippen MR) is 227 cm³/mol. The zero-order valence-electron chi connectivity index (χ0n) is 34.0. The highest BCUT2D eigenvalue weighted by Crippen LogP contribution is 2.35. The second-order valence-corrected chi connectivity index (χ2v) is 17.2. The van der Waals surface area contributed by atoms with Gasteiger partial charge in [-0.25, -0.2) is 9.97 Å². The molecule has 1 amide bonds. The van der Waals surface area contributed by atoms with E-state index in [9.17, 15) is 18.8 Å². The molecule has 2 aromatic heterocycles. The molecule has 2 N–H and O–H groups in total. The van der Waals surface area contributed by atoms with Gasteiger partial charge in [0.2, 0.25) is 11.9 Å². The number of anilines is 2. The summed E-state index contributed by atoms with van der Waals surface area (Å²) in [5.74, 6) is 13.7. The van der Waals surface area contributed by atoms with Gasteiger partial charge in [0.1, 0.15) is 6.07 Å². The molecular weight excluding hydrogens is 759 g/mol. The molecule has 2 saturated heterocycles. The number of carbonyl (C=O) groups is 1. The van der Waals surface area contributed by atoms with Gasteiger partial charge in [-0.15, -0.1) is 0 Å². The number of aryl methyl sites for hydroxylation is 1. The van der Waals surface area contributed by atoms with Crippen LogP contribution in [0.5, 0.6) is 5.75 Å². The lowest BCUT2D eigenvalue weighted by atomic mass is 9.87. The minimum atomic E-state index is -2.92. The smallest absolute Gasteiger partial charge is 0.387 e. The van der Waals surface area contributed by atoms with Crippen LogP contribution < -0.4 is 20.3 Å². The summed E-state index contributed by atoms with van der Waals surface area (Å²) in [6, 6.07) is 15.2. The molecule has 4 aromatic rings. The van der Waals surface area contributed by atoms with Crippen LogP contribution in [-0.4, -0.2) is 106 Å². The second kappa shape index (κ2) is 19.6. The van der Waals surface area contributed by atoms with Crippen molar-refractivity contribution in [2.45, 2.75) is 81.9 Å². The second-order valence-electron chi connectivity index (χ2n) is 15.4. The number of aromatic nitrogens is 4. The van der Waals surface area contributed by atoms with Gasteiger partial charge in [-0.2, -0.15) is 19.1 Å². The quantitative estimate of drug-likeness (QED) is 0.106. The van der Waals surface area contributed by atoms with Gasteiger partial charge in [-0.3, -0.25) is 18.7 Å². The van der Waals surface area contributed by atoms with Crippen molar-refractivity contribution in [3.63, 3.8) is 0 Å². The standard InChI is InChI=1S/C43H54F2N10O2S/c1-29(2)23-35(54-19-13-30(14-20-54)32-9-12-38-39(25-32)53(5)51-41(38)52(4)18-17-40(56)47-3)10-7-31-24-37(11-8-33(31)26-46)58(6)55-21-15-34(16-22-55)50-43-48-27-36(28-49-43)57-42(44)45/h8-9,11-12,24-25,27-30,34-35,42H,6,13-23H2,1-5H3,(H,47,56)(H,48,49,50). The van der Waals surface area contributed by atoms with E-state index in [-0.39, 0.29) is 23.7 Å². The Balaban J connectivity index is 1.08. The van der Waals surface area contributed by atoms with Crippen LogP contribution in [-0.2, 0) is 11.8 Å². The van der Waals surface area contributed by atoms with E-state index in [1.165, 1.54) is 18.0 Å². The van der Waals surface area contributed by atoms with E-state index in [4.69, 9.17) is 5.10 Å². The highest BCUT2D eigenvalue weighted by atomic mass is 32.2. The number of alkyl halides is 2. The first-order valence-electron chi connectivity index (χ1n) is 19.9. The third kappa shape index (κ3) is 10.7. The topological polar surface area (TPSA) is 127 Å². The molecule has 4 heterocycles. The van der Waals surface area contributed by atoms with Gasteiger partial charge >= 0.3 is 6.61 Å². The van der Waals surface area contributed by atoms with E-state index >= 15 is 0 Å². The molecular formula is C43H54F2N10O2S. The minimum absolute atomic E-state index is 0.0120. The van der Waals surface area contributed by atoms with Crippen molar-refractivity contribution in [1.82, 2.24) is 34.3 Å². The molecule has 2 aliphatic heterocycles. The number of halogens is 2. The number of hydrogen-bond donors (Lipinski definition) is 2. The lowest BCUT2D eigenvalue weighted by Gasteiger charge is -2.36. The fourth-order valence-corrected chi connectivity index (χ4v) is 9.15. The van der Waals surface area contributed by atoms with Crippen LogP contribution in [0.25, 0.3) is 10.9 Å². The first kappa shape index (κ1) is 42.5. The van der Waals surface area contributed by atoms with Crippen LogP contribution in [0.2, 0.25) is 0 Å². The van der Waals surface area contributed by atoms with Crippen molar-refractivity contribution in [3.8, 4) is 23.7 Å². The number of rotatable bonds is 14. The van der Waals surface area contributed by atoms with E-state index in [0.29, 0.717) is 36.3 Å². The highest BCUT2D eigenvalue weighted by Gasteiger charge is 2.27. The van der Waals surface area contributed by atoms with Gasteiger partial charge in [0, 0.05) is 69.1 Å². The minimum Gasteiger partial charge on any atom is -0.432 e. The molecule has 0 bridgehead atoms. The molecule has 308 valence electrons. The van der Waals surface area contributed by atoms with Crippen LogP contribution in [0.3, 0.4) is 0 Å². The summed E-state index contributed by atoms with van der Waals surface area (Å²) in [5.41, 5.74) is 3.72. The maximum absolute atomic E-state index is 12.5. The Morgan fingerprint density at radius 2 is 1.79 bits per heavy atom. The maximum Gasteiger partial charge on any atom is 0.387 e. The number of fused-ring (bicyclic) bond motifs is 1. The third-order valence-electron chi connectivity index (χ3n) is 11.0. The van der Waals surface area contributed by atoms with Crippen LogP contribution >= 0.6 is 10.7 Å². The molecule has 2 atom stereocenters. The van der Waals surface area contributed by atoms with Crippen LogP contribution in [0.1, 0.15) is 75.0 Å². The summed E-state index contributed by atoms with van der Waals surface area (Å²) in [5, 5.41) is 21.9. The summed E-state index contributed by atoms with van der Waals surface area (Å²) in [4.78, 5) is 25.7. The normalized spacial score (nSPS) is 16.8. The lowest BCUT2D eigenvalue weighted by molar-refractivity contribution is -0.120. The molecule has 0 spiro atoms. The molecule has 0 saturated carbocycles. The molecule has 6 rings (SSSR count). The van der Waals surface area contributed by atoms with E-state index in [0.717, 1.165) is 85.5 Å². The van der Waals surface area contributed by atoms with E-state index in [1.807, 2.05) is 41.9 Å². The number of piperidine rings is 2. The van der Waals surface area contributed by atoms with Gasteiger partial charge in [0.05, 0.1) is 29.5 Å². The Bertz CT molecular complexity index is 2160. The fourth-order valence-electron chi connectivity index (χ4n) is 7.72. The van der Waals surface area contributed by atoms with Crippen molar-refractivity contribution in [1.29, 1.82) is 5.26 Å². The third-order valence-corrected chi connectivity index (χ3v) is 12.8. The van der Waals surface area contributed by atoms with Crippen molar-refractivity contribution in [2.75, 3.05) is 57.0 Å². The predicted octanol–water partition coefficient (Wildman–Crippen LogP) is 6.61. The molecule has 58 heavy (non-hydrogen) atoms. The Morgan fingerprint density at radius 1 is 1.07 bits per heavy atom. The van der Waals surface area contributed by atoms with Crippen molar-refractivity contribution < 1.29 is 18.3 Å². The number of nitrogens with zero attached hydrogens (tertiary/aromatic N) is 8. The maximum atomic E-state index is 12.5. The summed E-state index contributed by atoms with van der Waals surface area (Å²) in [6.45, 7) is 5.63. The number of nitrogens with one attached hydrogen (secondary N) is 2. The number of benzene rings is 2. The number of likely N-dealkylation sites (tertiary alicyclic amines) is 1. The Hall–Kier alpha value is -5.09. The summed E-state index contributed by atoms with van der Waals surface area (Å²) >= 11 is 0. The summed E-state index contributed by atoms with van der Waals surface area (Å²) in [7, 11) is 5.17. The van der Waals surface area contributed by atoms with E-state index < -0.39 is 17.3 Å². The van der Waals surface area contributed by atoms with Crippen LogP contribution in [0.15, 0.2) is 53.7 Å². The summed E-state index contributed by atoms with van der Waals surface area (Å²) in [6.07, 6.45) is 7.58. The molecule has 0 aliphatic carbocycles. The average molecular weight is 813 g/mol. The number of amides is 1. The van der Waals surface area contributed by atoms with Crippen molar-refractivity contribution in [3.05, 3.63) is 65.5 Å². The molecule has 2 aromatic carbocycles. The SMILES string of the molecule is C=S(c1ccc(C#N)c(C#CC(CC(C)C)N2CCC(c3ccc4c(N(C)CCC(=O)NC)nn(C)c4c3)CC2)c1)N1CCC(Nc2ncc(OC(F)F)cn2)CC1. The molecule has 2 aliphatic rings. The largest absolute Gasteiger partial charge is 0.432 e. The van der Waals surface area contributed by atoms with Gasteiger partial charge in [-0.1, -0.05) is 48.3 Å². The van der Waals surface area contributed by atoms with E-state index in [1.54, 1.807) is 7.05 Å². The van der Waals surface area contributed by atoms with Crippen LogP contribution in [0, 0.1) is 29.1 Å². The van der Waals surface area contributed by atoms with Gasteiger partial charge < -0.3 is 20.3 Å². The monoisotopic (exact) mass is 812 g/mol. The molecule has 2 fully saturated rings. The Morgan fingerprint density at radius 3 is 2.45 bits per heavy atom. The fraction of sp³-hybridized carbons (Fsp3) is 0.488. The lowest BCUT2D eigenvalue weighted by Crippen LogP contribution is -2.41. The Kier molecular flexibility index (Phi) is 14.3. The molecule has 0 radical (unpaired) electrons. The number of carbonyl (C=O) groups excluding carboxylic acids is 1. The number of hydrogen-bond acceptors (Lipinski definition) is 10. The first-order valence-corrected chi connectivity index (χ1v) is 21.3. The van der Waals surface area contributed by atoms with Gasteiger partial charge in [-0.05, 0) is 92.9 Å². The average Bonchev–Trinajstić information content (AvgIpc) is 3.57. The molecule has 15 heteroatoms. The number of ether oxygens (including phenoxy) is 1. The Labute approximate surface area is 343 Å². The zero-order valence-corrected chi connectivity index (χ0v) is 34.9. The van der Waals surface area contributed by atoms with Crippen molar-refractivity contribution >= 4 is 45.1 Å². The first-order chi connectivity index (χ1) is 27.9. The molecule has 12 nitrogen and oxygen atoms in total. The molecule has 2 unspecified atom stereocenters. The van der Waals surface area contributed by atoms with Gasteiger partial charge in [0.25, 0.3) is 0 Å². The van der Waals surface area contributed by atoms with Crippen LogP contribution in [0.4, 0.5) is 20.5 Å². The number of nitriles is 1. The summed E-state index contributed by atoms with van der Waals surface area (Å²) < 4.78 is 33.6. The van der Waals surface area contributed by atoms with Gasteiger partial charge in [0.15, 0.2) is 11.6 Å². The van der Waals surface area contributed by atoms with E-state index in [2.05, 4.69) is 90.4 Å².